The fraction of sp³-hybridized carbons (Fsp3) is 0.286. The molecule has 1 fully saturated rings. The molecule has 0 bridgehead atoms. The number of benzene rings is 2. The average molecular weight is 390 g/mol. The highest BCUT2D eigenvalue weighted by molar-refractivity contribution is 6.03. The minimum Gasteiger partial charge on any atom is -0.338 e. The first kappa shape index (κ1) is 18.8. The van der Waals surface area contributed by atoms with Gasteiger partial charge in [-0.1, -0.05) is 37.5 Å². The molecule has 1 heterocycles. The Morgan fingerprint density at radius 3 is 2.31 bits per heavy atom. The predicted molar refractivity (Wildman–Crippen MR) is 108 cm³/mol. The van der Waals surface area contributed by atoms with E-state index in [4.69, 9.17) is 0 Å². The first-order valence-corrected chi connectivity index (χ1v) is 9.69. The molecule has 0 unspecified atom stereocenters. The number of rotatable bonds is 5. The lowest BCUT2D eigenvalue weighted by molar-refractivity contribution is -0.123. The number of anilines is 1. The molecule has 8 heteroatoms. The second-order valence-electron chi connectivity index (χ2n) is 7.22. The summed E-state index contributed by atoms with van der Waals surface area (Å²) in [6.45, 7) is 0. The molecular formula is C21H22N6O2. The SMILES string of the molecule is O=C(NC1(C(=O)Nc2ccccc2)CCCCC1)c1ccc(-n2cnnn2)cc1. The number of nitrogens with one attached hydrogen (secondary N) is 2. The Balaban J connectivity index is 1.51. The van der Waals surface area contributed by atoms with E-state index in [1.165, 1.54) is 11.0 Å². The van der Waals surface area contributed by atoms with E-state index in [1.54, 1.807) is 24.3 Å². The smallest absolute Gasteiger partial charge is 0.252 e. The van der Waals surface area contributed by atoms with Gasteiger partial charge in [0.1, 0.15) is 11.9 Å². The standard InChI is InChI=1S/C21H22N6O2/c28-19(16-9-11-18(12-10-16)27-15-22-25-26-27)24-21(13-5-2-6-14-21)20(29)23-17-7-3-1-4-8-17/h1,3-4,7-12,15H,2,5-6,13-14H2,(H,23,29)(H,24,28). The van der Waals surface area contributed by atoms with E-state index in [1.807, 2.05) is 30.3 Å². The van der Waals surface area contributed by atoms with Crippen molar-refractivity contribution < 1.29 is 9.59 Å². The minimum absolute atomic E-state index is 0.165. The van der Waals surface area contributed by atoms with Crippen LogP contribution in [-0.2, 0) is 4.79 Å². The van der Waals surface area contributed by atoms with Gasteiger partial charge in [-0.25, -0.2) is 4.68 Å². The molecule has 3 aromatic rings. The van der Waals surface area contributed by atoms with E-state index in [2.05, 4.69) is 26.2 Å². The summed E-state index contributed by atoms with van der Waals surface area (Å²) >= 11 is 0. The maximum atomic E-state index is 13.1. The number of tetrazole rings is 1. The maximum absolute atomic E-state index is 13.1. The quantitative estimate of drug-likeness (QED) is 0.697. The molecule has 8 nitrogen and oxygen atoms in total. The van der Waals surface area contributed by atoms with Crippen molar-refractivity contribution in [1.82, 2.24) is 25.5 Å². The van der Waals surface area contributed by atoms with Crippen molar-refractivity contribution in [2.75, 3.05) is 5.32 Å². The second kappa shape index (κ2) is 8.22. The molecule has 2 N–H and O–H groups in total. The van der Waals surface area contributed by atoms with Crippen LogP contribution in [0.1, 0.15) is 42.5 Å². The van der Waals surface area contributed by atoms with E-state index in [0.29, 0.717) is 18.4 Å². The van der Waals surface area contributed by atoms with E-state index in [-0.39, 0.29) is 11.8 Å². The van der Waals surface area contributed by atoms with Crippen LogP contribution in [-0.4, -0.2) is 37.6 Å². The van der Waals surface area contributed by atoms with Crippen molar-refractivity contribution in [2.45, 2.75) is 37.6 Å². The summed E-state index contributed by atoms with van der Waals surface area (Å²) in [7, 11) is 0. The molecule has 1 aromatic heterocycles. The second-order valence-corrected chi connectivity index (χ2v) is 7.22. The minimum atomic E-state index is -0.903. The average Bonchev–Trinajstić information content (AvgIpc) is 3.30. The third-order valence-corrected chi connectivity index (χ3v) is 5.27. The largest absolute Gasteiger partial charge is 0.338 e. The molecule has 4 rings (SSSR count). The van der Waals surface area contributed by atoms with Gasteiger partial charge in [-0.05, 0) is 59.7 Å². The molecule has 1 saturated carbocycles. The van der Waals surface area contributed by atoms with Crippen molar-refractivity contribution in [3.05, 3.63) is 66.5 Å². The number of aromatic nitrogens is 4. The number of hydrogen-bond donors (Lipinski definition) is 2. The van der Waals surface area contributed by atoms with Crippen LogP contribution in [0.4, 0.5) is 5.69 Å². The highest BCUT2D eigenvalue weighted by Crippen LogP contribution is 2.30. The normalized spacial score (nSPS) is 15.4. The topological polar surface area (TPSA) is 102 Å². The van der Waals surface area contributed by atoms with Crippen LogP contribution in [0.2, 0.25) is 0 Å². The van der Waals surface area contributed by atoms with Gasteiger partial charge in [0.15, 0.2) is 0 Å². The summed E-state index contributed by atoms with van der Waals surface area (Å²) in [6, 6.07) is 16.3. The van der Waals surface area contributed by atoms with Crippen molar-refractivity contribution in [2.24, 2.45) is 0 Å². The van der Waals surface area contributed by atoms with Crippen LogP contribution in [0.3, 0.4) is 0 Å². The lowest BCUT2D eigenvalue weighted by Crippen LogP contribution is -2.57. The summed E-state index contributed by atoms with van der Waals surface area (Å²) in [5.41, 5.74) is 1.06. The molecule has 2 aromatic carbocycles. The number of carbonyl (C=O) groups is 2. The van der Waals surface area contributed by atoms with Gasteiger partial charge < -0.3 is 10.6 Å². The molecule has 0 atom stereocenters. The monoisotopic (exact) mass is 390 g/mol. The van der Waals surface area contributed by atoms with Gasteiger partial charge in [-0.2, -0.15) is 0 Å². The zero-order chi connectivity index (χ0) is 20.1. The van der Waals surface area contributed by atoms with Crippen LogP contribution >= 0.6 is 0 Å². The van der Waals surface area contributed by atoms with Crippen LogP contribution in [0.25, 0.3) is 5.69 Å². The van der Waals surface area contributed by atoms with E-state index in [0.717, 1.165) is 30.6 Å². The van der Waals surface area contributed by atoms with Crippen LogP contribution in [0.15, 0.2) is 60.9 Å². The number of nitrogens with zero attached hydrogens (tertiary/aromatic N) is 4. The molecule has 0 spiro atoms. The third kappa shape index (κ3) is 4.16. The van der Waals surface area contributed by atoms with Gasteiger partial charge in [0, 0.05) is 11.3 Å². The van der Waals surface area contributed by atoms with Gasteiger partial charge in [0.2, 0.25) is 5.91 Å². The Kier molecular flexibility index (Phi) is 5.33. The van der Waals surface area contributed by atoms with Crippen molar-refractivity contribution >= 4 is 17.5 Å². The predicted octanol–water partition coefficient (Wildman–Crippen LogP) is 2.73. The molecule has 2 amide bonds. The maximum Gasteiger partial charge on any atom is 0.252 e. The van der Waals surface area contributed by atoms with E-state index < -0.39 is 5.54 Å². The number of para-hydroxylation sites is 1. The lowest BCUT2D eigenvalue weighted by Gasteiger charge is -2.36. The summed E-state index contributed by atoms with van der Waals surface area (Å²) in [5, 5.41) is 17.0. The molecular weight excluding hydrogens is 368 g/mol. The van der Waals surface area contributed by atoms with E-state index in [9.17, 15) is 9.59 Å². The Hall–Kier alpha value is -3.55. The van der Waals surface area contributed by atoms with Crippen LogP contribution < -0.4 is 10.6 Å². The molecule has 1 aliphatic carbocycles. The van der Waals surface area contributed by atoms with Gasteiger partial charge in [0.25, 0.3) is 5.91 Å². The van der Waals surface area contributed by atoms with Crippen molar-refractivity contribution in [3.63, 3.8) is 0 Å². The molecule has 148 valence electrons. The van der Waals surface area contributed by atoms with Crippen molar-refractivity contribution in [1.29, 1.82) is 0 Å². The van der Waals surface area contributed by atoms with E-state index >= 15 is 0 Å². The molecule has 29 heavy (non-hydrogen) atoms. The Morgan fingerprint density at radius 2 is 1.66 bits per heavy atom. The first-order valence-electron chi connectivity index (χ1n) is 9.69. The molecule has 0 radical (unpaired) electrons. The number of amides is 2. The van der Waals surface area contributed by atoms with Gasteiger partial charge in [0.05, 0.1) is 5.69 Å². The first-order chi connectivity index (χ1) is 14.2. The highest BCUT2D eigenvalue weighted by Gasteiger charge is 2.41. The zero-order valence-corrected chi connectivity index (χ0v) is 15.9. The Labute approximate surface area is 168 Å². The summed E-state index contributed by atoms with van der Waals surface area (Å²) < 4.78 is 1.51. The third-order valence-electron chi connectivity index (χ3n) is 5.27. The van der Waals surface area contributed by atoms with Gasteiger partial charge in [-0.3, -0.25) is 9.59 Å². The number of hydrogen-bond acceptors (Lipinski definition) is 5. The Morgan fingerprint density at radius 1 is 0.931 bits per heavy atom. The van der Waals surface area contributed by atoms with Gasteiger partial charge in [-0.15, -0.1) is 5.10 Å². The summed E-state index contributed by atoms with van der Waals surface area (Å²) in [4.78, 5) is 26.0. The fourth-order valence-corrected chi connectivity index (χ4v) is 3.67. The molecule has 0 aliphatic heterocycles. The highest BCUT2D eigenvalue weighted by atomic mass is 16.2. The van der Waals surface area contributed by atoms with Crippen LogP contribution in [0.5, 0.6) is 0 Å². The lowest BCUT2D eigenvalue weighted by atomic mass is 9.80. The van der Waals surface area contributed by atoms with Crippen molar-refractivity contribution in [3.8, 4) is 5.69 Å². The fourth-order valence-electron chi connectivity index (χ4n) is 3.67. The van der Waals surface area contributed by atoms with Gasteiger partial charge >= 0.3 is 0 Å². The Bertz CT molecular complexity index is 964. The zero-order valence-electron chi connectivity index (χ0n) is 15.9. The summed E-state index contributed by atoms with van der Waals surface area (Å²) in [6.07, 6.45) is 5.61. The summed E-state index contributed by atoms with van der Waals surface area (Å²) in [5.74, 6) is -0.430. The molecule has 0 saturated heterocycles. The number of carbonyl (C=O) groups excluding carboxylic acids is 2. The molecule has 1 aliphatic rings. The van der Waals surface area contributed by atoms with Crippen LogP contribution in [0, 0.1) is 0 Å².